The molecule has 0 aliphatic carbocycles. The highest BCUT2D eigenvalue weighted by Gasteiger charge is 2.31. The average Bonchev–Trinajstić information content (AvgIpc) is 2.48. The number of rotatable bonds is 5. The molecule has 0 radical (unpaired) electrons. The molecule has 1 aliphatic rings. The maximum absolute atomic E-state index is 12.7. The molecule has 124 valence electrons. The van der Waals surface area contributed by atoms with Crippen molar-refractivity contribution in [3.05, 3.63) is 28.2 Å². The molecule has 0 unspecified atom stereocenters. The summed E-state index contributed by atoms with van der Waals surface area (Å²) in [5.41, 5.74) is -0.702. The van der Waals surface area contributed by atoms with Crippen molar-refractivity contribution in [1.29, 1.82) is 0 Å². The van der Waals surface area contributed by atoms with Gasteiger partial charge in [0.2, 0.25) is 0 Å². The lowest BCUT2D eigenvalue weighted by Gasteiger charge is -2.31. The molecule has 1 aromatic rings. The van der Waals surface area contributed by atoms with Crippen LogP contribution in [0.15, 0.2) is 22.7 Å². The highest BCUT2D eigenvalue weighted by atomic mass is 79.9. The number of halogens is 4. The molecule has 1 fully saturated rings. The number of nitrogens with zero attached hydrogens (tertiary/aromatic N) is 1. The number of hydrogen-bond acceptors (Lipinski definition) is 3. The number of methoxy groups -OCH3 is 1. The minimum Gasteiger partial charge on any atom is -0.491 e. The summed E-state index contributed by atoms with van der Waals surface area (Å²) >= 11 is 3.22. The first-order valence-electron chi connectivity index (χ1n) is 7.15. The van der Waals surface area contributed by atoms with E-state index in [-0.39, 0.29) is 5.75 Å². The molecule has 0 N–H and O–H groups in total. The van der Waals surface area contributed by atoms with Crippen LogP contribution in [-0.2, 0) is 10.9 Å². The Kier molecular flexibility index (Phi) is 6.11. The van der Waals surface area contributed by atoms with Crippen LogP contribution in [0, 0.1) is 0 Å². The summed E-state index contributed by atoms with van der Waals surface area (Å²) in [7, 11) is 1.72. The maximum atomic E-state index is 12.7. The Morgan fingerprint density at radius 2 is 1.95 bits per heavy atom. The summed E-state index contributed by atoms with van der Waals surface area (Å²) in [5.74, 6) is 0.224. The summed E-state index contributed by atoms with van der Waals surface area (Å²) in [6.45, 7) is 2.90. The van der Waals surface area contributed by atoms with Crippen LogP contribution in [0.3, 0.4) is 0 Å². The number of alkyl halides is 3. The first kappa shape index (κ1) is 17.6. The second kappa shape index (κ2) is 7.66. The van der Waals surface area contributed by atoms with Gasteiger partial charge >= 0.3 is 6.18 Å². The molecule has 22 heavy (non-hydrogen) atoms. The van der Waals surface area contributed by atoms with Crippen LogP contribution in [0.1, 0.15) is 18.4 Å². The molecule has 1 saturated heterocycles. The maximum Gasteiger partial charge on any atom is 0.416 e. The monoisotopic (exact) mass is 381 g/mol. The normalized spacial score (nSPS) is 17.7. The van der Waals surface area contributed by atoms with Crippen LogP contribution in [0.4, 0.5) is 13.2 Å². The molecular weight excluding hydrogens is 363 g/mol. The molecule has 3 nitrogen and oxygen atoms in total. The van der Waals surface area contributed by atoms with Gasteiger partial charge in [-0.3, -0.25) is 4.90 Å². The Bertz CT molecular complexity index is 488. The van der Waals surface area contributed by atoms with Crippen molar-refractivity contribution in [3.8, 4) is 5.75 Å². The van der Waals surface area contributed by atoms with Gasteiger partial charge in [0, 0.05) is 26.7 Å². The van der Waals surface area contributed by atoms with Crippen molar-refractivity contribution in [1.82, 2.24) is 4.90 Å². The van der Waals surface area contributed by atoms with Crippen molar-refractivity contribution in [2.45, 2.75) is 25.1 Å². The van der Waals surface area contributed by atoms with Gasteiger partial charge in [-0.2, -0.15) is 13.2 Å². The molecule has 0 amide bonds. The molecule has 7 heteroatoms. The fourth-order valence-corrected chi connectivity index (χ4v) is 2.80. The largest absolute Gasteiger partial charge is 0.491 e. The smallest absolute Gasteiger partial charge is 0.416 e. The summed E-state index contributed by atoms with van der Waals surface area (Å²) in [4.78, 5) is 2.23. The van der Waals surface area contributed by atoms with Crippen LogP contribution < -0.4 is 4.74 Å². The van der Waals surface area contributed by atoms with Gasteiger partial charge in [0.1, 0.15) is 12.4 Å². The number of benzene rings is 1. The van der Waals surface area contributed by atoms with E-state index in [0.717, 1.165) is 38.1 Å². The van der Waals surface area contributed by atoms with Crippen molar-refractivity contribution in [2.24, 2.45) is 0 Å². The Labute approximate surface area is 136 Å². The predicted octanol–water partition coefficient (Wildman–Crippen LogP) is 3.96. The third kappa shape index (κ3) is 4.86. The predicted molar refractivity (Wildman–Crippen MR) is 81.1 cm³/mol. The second-order valence-electron chi connectivity index (χ2n) is 5.27. The second-order valence-corrected chi connectivity index (χ2v) is 6.12. The van der Waals surface area contributed by atoms with E-state index in [1.165, 1.54) is 6.07 Å². The lowest BCUT2D eigenvalue weighted by Crippen LogP contribution is -2.38. The van der Waals surface area contributed by atoms with Gasteiger partial charge in [0.05, 0.1) is 16.1 Å². The quantitative estimate of drug-likeness (QED) is 0.770. The Hall–Kier alpha value is -0.790. The van der Waals surface area contributed by atoms with E-state index in [1.54, 1.807) is 7.11 Å². The zero-order valence-corrected chi connectivity index (χ0v) is 13.9. The molecular formula is C15H19BrF3NO2. The molecule has 0 bridgehead atoms. The summed E-state index contributed by atoms with van der Waals surface area (Å²) in [5, 5.41) is 0. The van der Waals surface area contributed by atoms with Gasteiger partial charge in [0.25, 0.3) is 0 Å². The molecule has 0 saturated carbocycles. The van der Waals surface area contributed by atoms with Crippen LogP contribution >= 0.6 is 15.9 Å². The minimum atomic E-state index is -4.36. The van der Waals surface area contributed by atoms with E-state index in [1.807, 2.05) is 0 Å². The van der Waals surface area contributed by atoms with E-state index in [9.17, 15) is 13.2 Å². The van der Waals surface area contributed by atoms with Crippen LogP contribution in [0.25, 0.3) is 0 Å². The van der Waals surface area contributed by atoms with E-state index in [0.29, 0.717) is 23.7 Å². The van der Waals surface area contributed by atoms with Crippen molar-refractivity contribution in [2.75, 3.05) is 33.4 Å². The molecule has 2 rings (SSSR count). The van der Waals surface area contributed by atoms with Gasteiger partial charge in [-0.25, -0.2) is 0 Å². The van der Waals surface area contributed by atoms with Crippen molar-refractivity contribution in [3.63, 3.8) is 0 Å². The van der Waals surface area contributed by atoms with Crippen molar-refractivity contribution < 1.29 is 22.6 Å². The lowest BCUT2D eigenvalue weighted by atomic mass is 10.1. The third-order valence-corrected chi connectivity index (χ3v) is 4.45. The number of piperidine rings is 1. The number of likely N-dealkylation sites (tertiary alicyclic amines) is 1. The van der Waals surface area contributed by atoms with Gasteiger partial charge in [-0.05, 0) is 47.0 Å². The average molecular weight is 382 g/mol. The molecule has 1 aromatic carbocycles. The van der Waals surface area contributed by atoms with Gasteiger partial charge < -0.3 is 9.47 Å². The zero-order chi connectivity index (χ0) is 16.2. The molecule has 1 heterocycles. The summed E-state index contributed by atoms with van der Waals surface area (Å²) < 4.78 is 49.4. The first-order chi connectivity index (χ1) is 10.4. The molecule has 0 atom stereocenters. The van der Waals surface area contributed by atoms with Gasteiger partial charge in [0.15, 0.2) is 0 Å². The topological polar surface area (TPSA) is 21.7 Å². The Morgan fingerprint density at radius 3 is 2.55 bits per heavy atom. The minimum absolute atomic E-state index is 0.224. The fraction of sp³-hybridized carbons (Fsp3) is 0.600. The highest BCUT2D eigenvalue weighted by Crippen LogP contribution is 2.35. The zero-order valence-electron chi connectivity index (χ0n) is 12.3. The van der Waals surface area contributed by atoms with Gasteiger partial charge in [-0.15, -0.1) is 0 Å². The van der Waals surface area contributed by atoms with E-state index in [4.69, 9.17) is 9.47 Å². The van der Waals surface area contributed by atoms with E-state index >= 15 is 0 Å². The highest BCUT2D eigenvalue weighted by molar-refractivity contribution is 9.10. The van der Waals surface area contributed by atoms with E-state index in [2.05, 4.69) is 20.8 Å². The van der Waals surface area contributed by atoms with Crippen molar-refractivity contribution >= 4 is 15.9 Å². The molecule has 1 aliphatic heterocycles. The van der Waals surface area contributed by atoms with E-state index < -0.39 is 11.7 Å². The number of hydrogen-bond donors (Lipinski definition) is 0. The van der Waals surface area contributed by atoms with Gasteiger partial charge in [-0.1, -0.05) is 0 Å². The summed E-state index contributed by atoms with van der Waals surface area (Å²) in [6.07, 6.45) is -2.09. The fourth-order valence-electron chi connectivity index (χ4n) is 2.44. The Balaban J connectivity index is 1.84. The standard InChI is InChI=1S/C15H19BrF3NO2/c1-21-12-4-6-20(7-5-12)8-9-22-14-10-11(15(17,18)19)2-3-13(14)16/h2-3,10,12H,4-9H2,1H3. The summed E-state index contributed by atoms with van der Waals surface area (Å²) in [6, 6.07) is 3.43. The van der Waals surface area contributed by atoms with Crippen LogP contribution in [-0.4, -0.2) is 44.4 Å². The molecule has 0 aromatic heterocycles. The molecule has 0 spiro atoms. The van der Waals surface area contributed by atoms with Crippen LogP contribution in [0.5, 0.6) is 5.75 Å². The SMILES string of the molecule is COC1CCN(CCOc2cc(C(F)(F)F)ccc2Br)CC1. The van der Waals surface area contributed by atoms with Crippen LogP contribution in [0.2, 0.25) is 0 Å². The third-order valence-electron chi connectivity index (χ3n) is 3.79. The Morgan fingerprint density at radius 1 is 1.27 bits per heavy atom. The number of ether oxygens (including phenoxy) is 2. The lowest BCUT2D eigenvalue weighted by molar-refractivity contribution is -0.137. The first-order valence-corrected chi connectivity index (χ1v) is 7.94.